The third-order valence-corrected chi connectivity index (χ3v) is 2.31. The number of aromatic nitrogens is 4. The van der Waals surface area contributed by atoms with E-state index in [0.29, 0.717) is 0 Å². The first-order valence-corrected chi connectivity index (χ1v) is 4.88. The van der Waals surface area contributed by atoms with Gasteiger partial charge in [0.05, 0.1) is 13.1 Å². The van der Waals surface area contributed by atoms with E-state index in [0.717, 1.165) is 24.7 Å². The van der Waals surface area contributed by atoms with Crippen molar-refractivity contribution in [2.45, 2.75) is 13.1 Å². The molecule has 80 valence electrons. The Kier molecular flexibility index (Phi) is 2.82. The van der Waals surface area contributed by atoms with E-state index in [1.54, 1.807) is 6.20 Å². The quantitative estimate of drug-likeness (QED) is 0.802. The number of imidazole rings is 2. The van der Waals surface area contributed by atoms with E-state index in [9.17, 15) is 0 Å². The lowest BCUT2D eigenvalue weighted by Crippen LogP contribution is -2.20. The summed E-state index contributed by atoms with van der Waals surface area (Å²) in [5.74, 6) is 2.04. The molecule has 0 aromatic carbocycles. The molecule has 5 heteroatoms. The van der Waals surface area contributed by atoms with Crippen LogP contribution in [-0.4, -0.2) is 31.5 Å². The molecule has 0 aliphatic heterocycles. The van der Waals surface area contributed by atoms with E-state index in [2.05, 4.69) is 26.9 Å². The highest BCUT2D eigenvalue weighted by molar-refractivity contribution is 4.92. The number of rotatable bonds is 4. The molecule has 0 saturated heterocycles. The SMILES string of the molecule is CN(Cc1ncc[nH]1)Cc1nccn1C. The molecule has 2 rings (SSSR count). The molecule has 0 fully saturated rings. The Balaban J connectivity index is 1.93. The van der Waals surface area contributed by atoms with Crippen molar-refractivity contribution in [3.05, 3.63) is 36.4 Å². The van der Waals surface area contributed by atoms with Gasteiger partial charge in [0.1, 0.15) is 11.6 Å². The minimum atomic E-state index is 0.805. The topological polar surface area (TPSA) is 49.7 Å². The van der Waals surface area contributed by atoms with Crippen molar-refractivity contribution in [2.24, 2.45) is 7.05 Å². The standard InChI is InChI=1S/C10H15N5/c1-14(7-9-11-3-4-12-9)8-10-13-5-6-15(10)2/h3-6H,7-8H2,1-2H3,(H,11,12). The number of aromatic amines is 1. The van der Waals surface area contributed by atoms with Gasteiger partial charge in [0.2, 0.25) is 0 Å². The molecule has 5 nitrogen and oxygen atoms in total. The van der Waals surface area contributed by atoms with E-state index in [1.165, 1.54) is 0 Å². The summed E-state index contributed by atoms with van der Waals surface area (Å²) >= 11 is 0. The van der Waals surface area contributed by atoms with Gasteiger partial charge in [0, 0.05) is 31.8 Å². The second kappa shape index (κ2) is 4.27. The van der Waals surface area contributed by atoms with Gasteiger partial charge in [-0.2, -0.15) is 0 Å². The third-order valence-electron chi connectivity index (χ3n) is 2.31. The van der Waals surface area contributed by atoms with Gasteiger partial charge in [-0.1, -0.05) is 0 Å². The van der Waals surface area contributed by atoms with Crippen molar-refractivity contribution >= 4 is 0 Å². The minimum Gasteiger partial charge on any atom is -0.348 e. The Labute approximate surface area is 88.8 Å². The molecule has 2 aromatic heterocycles. The van der Waals surface area contributed by atoms with Crippen molar-refractivity contribution in [3.8, 4) is 0 Å². The number of H-pyrrole nitrogens is 1. The van der Waals surface area contributed by atoms with Gasteiger partial charge in [-0.15, -0.1) is 0 Å². The maximum absolute atomic E-state index is 4.28. The summed E-state index contributed by atoms with van der Waals surface area (Å²) in [6.07, 6.45) is 7.38. The average molecular weight is 205 g/mol. The molecule has 0 spiro atoms. The Morgan fingerprint density at radius 3 is 2.80 bits per heavy atom. The second-order valence-corrected chi connectivity index (χ2v) is 3.66. The number of nitrogens with zero attached hydrogens (tertiary/aromatic N) is 4. The van der Waals surface area contributed by atoms with Crippen LogP contribution in [0, 0.1) is 0 Å². The molecule has 0 unspecified atom stereocenters. The van der Waals surface area contributed by atoms with E-state index < -0.39 is 0 Å². The monoisotopic (exact) mass is 205 g/mol. The zero-order valence-electron chi connectivity index (χ0n) is 9.01. The summed E-state index contributed by atoms with van der Waals surface area (Å²) in [4.78, 5) is 13.7. The van der Waals surface area contributed by atoms with E-state index in [1.807, 2.05) is 30.2 Å². The second-order valence-electron chi connectivity index (χ2n) is 3.66. The molecule has 0 bridgehead atoms. The molecule has 2 heterocycles. The van der Waals surface area contributed by atoms with Crippen LogP contribution >= 0.6 is 0 Å². The molecule has 0 atom stereocenters. The average Bonchev–Trinajstić information content (AvgIpc) is 2.79. The highest BCUT2D eigenvalue weighted by Gasteiger charge is 2.05. The van der Waals surface area contributed by atoms with Gasteiger partial charge in [-0.25, -0.2) is 9.97 Å². The predicted octanol–water partition coefficient (Wildman–Crippen LogP) is 0.775. The predicted molar refractivity (Wildman–Crippen MR) is 57.0 cm³/mol. The van der Waals surface area contributed by atoms with Gasteiger partial charge < -0.3 is 9.55 Å². The van der Waals surface area contributed by atoms with Gasteiger partial charge >= 0.3 is 0 Å². The first kappa shape index (κ1) is 9.92. The van der Waals surface area contributed by atoms with Crippen LogP contribution in [0.5, 0.6) is 0 Å². The highest BCUT2D eigenvalue weighted by Crippen LogP contribution is 2.02. The Bertz CT molecular complexity index is 403. The Hall–Kier alpha value is -1.62. The fourth-order valence-corrected chi connectivity index (χ4v) is 1.49. The zero-order chi connectivity index (χ0) is 10.7. The molecular weight excluding hydrogens is 190 g/mol. The zero-order valence-corrected chi connectivity index (χ0v) is 9.01. The van der Waals surface area contributed by atoms with Gasteiger partial charge in [0.15, 0.2) is 0 Å². The van der Waals surface area contributed by atoms with Crippen molar-refractivity contribution in [1.29, 1.82) is 0 Å². The van der Waals surface area contributed by atoms with Crippen molar-refractivity contribution < 1.29 is 0 Å². The molecule has 15 heavy (non-hydrogen) atoms. The molecule has 0 aliphatic carbocycles. The normalized spacial score (nSPS) is 11.1. The minimum absolute atomic E-state index is 0.805. The molecular formula is C10H15N5. The van der Waals surface area contributed by atoms with E-state index in [-0.39, 0.29) is 0 Å². The van der Waals surface area contributed by atoms with Gasteiger partial charge in [-0.05, 0) is 7.05 Å². The van der Waals surface area contributed by atoms with Crippen molar-refractivity contribution in [2.75, 3.05) is 7.05 Å². The third kappa shape index (κ3) is 2.44. The summed E-state index contributed by atoms with van der Waals surface area (Å²) in [7, 11) is 4.06. The van der Waals surface area contributed by atoms with Crippen LogP contribution in [-0.2, 0) is 20.1 Å². The molecule has 0 radical (unpaired) electrons. The van der Waals surface area contributed by atoms with E-state index >= 15 is 0 Å². The van der Waals surface area contributed by atoms with Crippen molar-refractivity contribution in [1.82, 2.24) is 24.4 Å². The van der Waals surface area contributed by atoms with Crippen LogP contribution in [0.4, 0.5) is 0 Å². The summed E-state index contributed by atoms with van der Waals surface area (Å²) in [6.45, 7) is 1.63. The number of nitrogens with one attached hydrogen (secondary N) is 1. The fraction of sp³-hybridized carbons (Fsp3) is 0.400. The van der Waals surface area contributed by atoms with Crippen molar-refractivity contribution in [3.63, 3.8) is 0 Å². The summed E-state index contributed by atoms with van der Waals surface area (Å²) in [5, 5.41) is 0. The maximum Gasteiger partial charge on any atom is 0.122 e. The van der Waals surface area contributed by atoms with Crippen LogP contribution < -0.4 is 0 Å². The van der Waals surface area contributed by atoms with Crippen LogP contribution in [0.2, 0.25) is 0 Å². The summed E-state index contributed by atoms with van der Waals surface area (Å²) in [6, 6.07) is 0. The maximum atomic E-state index is 4.28. The summed E-state index contributed by atoms with van der Waals surface area (Å²) in [5.41, 5.74) is 0. The van der Waals surface area contributed by atoms with Crippen LogP contribution in [0.25, 0.3) is 0 Å². The summed E-state index contributed by atoms with van der Waals surface area (Å²) < 4.78 is 2.03. The number of hydrogen-bond acceptors (Lipinski definition) is 3. The van der Waals surface area contributed by atoms with E-state index in [4.69, 9.17) is 0 Å². The van der Waals surface area contributed by atoms with Crippen LogP contribution in [0.1, 0.15) is 11.6 Å². The lowest BCUT2D eigenvalue weighted by molar-refractivity contribution is 0.300. The molecule has 0 aliphatic rings. The number of hydrogen-bond donors (Lipinski definition) is 1. The largest absolute Gasteiger partial charge is 0.348 e. The first-order chi connectivity index (χ1) is 7.25. The van der Waals surface area contributed by atoms with Gasteiger partial charge in [0.25, 0.3) is 0 Å². The highest BCUT2D eigenvalue weighted by atomic mass is 15.2. The molecule has 2 aromatic rings. The molecule has 0 saturated carbocycles. The fourth-order valence-electron chi connectivity index (χ4n) is 1.49. The smallest absolute Gasteiger partial charge is 0.122 e. The molecule has 1 N–H and O–H groups in total. The number of aryl methyl sites for hydroxylation is 1. The van der Waals surface area contributed by atoms with Crippen LogP contribution in [0.3, 0.4) is 0 Å². The first-order valence-electron chi connectivity index (χ1n) is 4.88. The Morgan fingerprint density at radius 2 is 2.20 bits per heavy atom. The van der Waals surface area contributed by atoms with Gasteiger partial charge in [-0.3, -0.25) is 4.90 Å². The molecule has 0 amide bonds. The van der Waals surface area contributed by atoms with Crippen LogP contribution in [0.15, 0.2) is 24.8 Å². The lowest BCUT2D eigenvalue weighted by atomic mass is 10.4. The lowest BCUT2D eigenvalue weighted by Gasteiger charge is -2.14. The Morgan fingerprint density at radius 1 is 1.33 bits per heavy atom.